The van der Waals surface area contributed by atoms with Gasteiger partial charge in [-0.1, -0.05) is 0 Å². The number of nitriles is 1. The van der Waals surface area contributed by atoms with Crippen LogP contribution < -0.4 is 11.1 Å². The number of nitrogens with zero attached hydrogens (tertiary/aromatic N) is 4. The van der Waals surface area contributed by atoms with Gasteiger partial charge in [-0.2, -0.15) is 18.4 Å². The number of nitrogens with one attached hydrogen (secondary N) is 1. The zero-order valence-corrected chi connectivity index (χ0v) is 11.8. The molecule has 0 fully saturated rings. The Labute approximate surface area is 131 Å². The molecule has 0 radical (unpaired) electrons. The lowest BCUT2D eigenvalue weighted by Gasteiger charge is -2.14. The number of alkyl halides is 3. The number of hydrogen-bond acceptors (Lipinski definition) is 4. The summed E-state index contributed by atoms with van der Waals surface area (Å²) in [6.45, 7) is -1.61. The van der Waals surface area contributed by atoms with Crippen molar-refractivity contribution in [2.75, 3.05) is 0 Å². The van der Waals surface area contributed by atoms with Gasteiger partial charge in [0.05, 0.1) is 28.6 Å². The van der Waals surface area contributed by atoms with Crippen molar-refractivity contribution in [3.05, 3.63) is 57.1 Å². The highest BCUT2D eigenvalue weighted by molar-refractivity contribution is 5.80. The Morgan fingerprint density at radius 1 is 1.29 bits per heavy atom. The molecule has 0 unspecified atom stereocenters. The number of fused-ring (bicyclic) bond motifs is 1. The number of rotatable bonds is 2. The Morgan fingerprint density at radius 2 is 2.04 bits per heavy atom. The topological polar surface area (TPSA) is 96.5 Å². The lowest BCUT2D eigenvalue weighted by molar-refractivity contribution is -0.140. The van der Waals surface area contributed by atoms with Crippen LogP contribution in [-0.2, 0) is 6.54 Å². The molecule has 3 aromatic rings. The maximum absolute atomic E-state index is 12.8. The third-order valence-corrected chi connectivity index (χ3v) is 3.33. The van der Waals surface area contributed by atoms with Crippen molar-refractivity contribution in [2.45, 2.75) is 12.7 Å². The summed E-state index contributed by atoms with van der Waals surface area (Å²) >= 11 is 0. The summed E-state index contributed by atoms with van der Waals surface area (Å²) in [5.41, 5.74) is -2.34. The SMILES string of the molecule is N#Cc1cc2[nH]c(=O)c(=O)n(CC(F)(F)F)c2cc1-n1ccnc1. The molecule has 0 aliphatic heterocycles. The summed E-state index contributed by atoms with van der Waals surface area (Å²) in [6.07, 6.45) is -0.394. The predicted molar refractivity (Wildman–Crippen MR) is 76.7 cm³/mol. The minimum atomic E-state index is -4.69. The number of halogens is 3. The molecule has 0 aliphatic carbocycles. The van der Waals surface area contributed by atoms with Crippen LogP contribution in [0.2, 0.25) is 0 Å². The van der Waals surface area contributed by atoms with E-state index < -0.39 is 23.8 Å². The van der Waals surface area contributed by atoms with Crippen LogP contribution in [0.4, 0.5) is 13.2 Å². The van der Waals surface area contributed by atoms with Crippen LogP contribution in [0.25, 0.3) is 16.7 Å². The summed E-state index contributed by atoms with van der Waals surface area (Å²) in [7, 11) is 0. The fourth-order valence-electron chi connectivity index (χ4n) is 2.35. The van der Waals surface area contributed by atoms with Gasteiger partial charge in [0.15, 0.2) is 0 Å². The van der Waals surface area contributed by atoms with E-state index in [1.165, 1.54) is 35.4 Å². The molecular formula is C14H8F3N5O2. The summed E-state index contributed by atoms with van der Waals surface area (Å²) in [4.78, 5) is 29.5. The molecule has 0 bridgehead atoms. The van der Waals surface area contributed by atoms with Crippen molar-refractivity contribution < 1.29 is 13.2 Å². The average molecular weight is 335 g/mol. The molecule has 1 aromatic carbocycles. The van der Waals surface area contributed by atoms with Gasteiger partial charge < -0.3 is 9.55 Å². The maximum atomic E-state index is 12.8. The molecule has 0 amide bonds. The highest BCUT2D eigenvalue weighted by Gasteiger charge is 2.30. The van der Waals surface area contributed by atoms with Crippen LogP contribution in [0, 0.1) is 11.3 Å². The number of hydrogen-bond donors (Lipinski definition) is 1. The van der Waals surface area contributed by atoms with E-state index in [4.69, 9.17) is 0 Å². The first-order valence-electron chi connectivity index (χ1n) is 6.56. The number of aromatic amines is 1. The van der Waals surface area contributed by atoms with Gasteiger partial charge in [-0.05, 0) is 12.1 Å². The molecule has 3 rings (SSSR count). The third-order valence-electron chi connectivity index (χ3n) is 3.33. The predicted octanol–water partition coefficient (Wildman–Crippen LogP) is 1.31. The summed E-state index contributed by atoms with van der Waals surface area (Å²) in [6, 6.07) is 4.35. The standard InChI is InChI=1S/C14H8F3N5O2/c15-14(16,17)6-22-11-4-10(21-2-1-19-7-21)8(5-18)3-9(11)20-12(23)13(22)24/h1-4,7H,6H2,(H,20,23). The fourth-order valence-corrected chi connectivity index (χ4v) is 2.35. The summed E-state index contributed by atoms with van der Waals surface area (Å²) in [5, 5.41) is 9.23. The highest BCUT2D eigenvalue weighted by atomic mass is 19.4. The molecule has 2 aromatic heterocycles. The van der Waals surface area contributed by atoms with Gasteiger partial charge in [0.25, 0.3) is 0 Å². The first-order chi connectivity index (χ1) is 11.3. The van der Waals surface area contributed by atoms with Crippen molar-refractivity contribution in [3.8, 4) is 11.8 Å². The van der Waals surface area contributed by atoms with E-state index in [-0.39, 0.29) is 22.3 Å². The first kappa shape index (κ1) is 15.5. The van der Waals surface area contributed by atoms with Crippen LogP contribution in [0.5, 0.6) is 0 Å². The van der Waals surface area contributed by atoms with Crippen molar-refractivity contribution >= 4 is 11.0 Å². The molecule has 122 valence electrons. The second kappa shape index (κ2) is 5.38. The van der Waals surface area contributed by atoms with Gasteiger partial charge in [-0.25, -0.2) is 4.98 Å². The summed E-state index contributed by atoms with van der Waals surface area (Å²) < 4.78 is 40.0. The third kappa shape index (κ3) is 2.67. The van der Waals surface area contributed by atoms with Gasteiger partial charge in [0.2, 0.25) is 0 Å². The molecule has 1 N–H and O–H groups in total. The fraction of sp³-hybridized carbons (Fsp3) is 0.143. The lowest BCUT2D eigenvalue weighted by atomic mass is 10.1. The van der Waals surface area contributed by atoms with Crippen molar-refractivity contribution in [2.24, 2.45) is 0 Å². The second-order valence-electron chi connectivity index (χ2n) is 4.93. The molecule has 7 nitrogen and oxygen atoms in total. The van der Waals surface area contributed by atoms with Crippen LogP contribution in [-0.4, -0.2) is 25.3 Å². The molecule has 0 saturated heterocycles. The van der Waals surface area contributed by atoms with Crippen LogP contribution in [0.3, 0.4) is 0 Å². The Balaban J connectivity index is 2.40. The zero-order valence-electron chi connectivity index (χ0n) is 11.8. The number of H-pyrrole nitrogens is 1. The van der Waals surface area contributed by atoms with Crippen molar-refractivity contribution in [3.63, 3.8) is 0 Å². The van der Waals surface area contributed by atoms with E-state index in [0.717, 1.165) is 0 Å². The number of imidazole rings is 1. The molecular weight excluding hydrogens is 327 g/mol. The van der Waals surface area contributed by atoms with E-state index in [9.17, 15) is 28.0 Å². The van der Waals surface area contributed by atoms with Crippen molar-refractivity contribution in [1.29, 1.82) is 5.26 Å². The first-order valence-corrected chi connectivity index (χ1v) is 6.56. The largest absolute Gasteiger partial charge is 0.406 e. The number of benzene rings is 1. The molecule has 0 atom stereocenters. The van der Waals surface area contributed by atoms with Crippen LogP contribution in [0.15, 0.2) is 40.4 Å². The van der Waals surface area contributed by atoms with E-state index >= 15 is 0 Å². The highest BCUT2D eigenvalue weighted by Crippen LogP contribution is 2.23. The van der Waals surface area contributed by atoms with E-state index in [1.54, 1.807) is 0 Å². The van der Waals surface area contributed by atoms with E-state index in [2.05, 4.69) is 9.97 Å². The Hall–Kier alpha value is -3.35. The molecule has 24 heavy (non-hydrogen) atoms. The molecule has 0 aliphatic rings. The molecule has 10 heteroatoms. The zero-order chi connectivity index (χ0) is 17.5. The smallest absolute Gasteiger partial charge is 0.316 e. The summed E-state index contributed by atoms with van der Waals surface area (Å²) in [5.74, 6) is 0. The quantitative estimate of drug-likeness (QED) is 0.714. The number of aromatic nitrogens is 4. The van der Waals surface area contributed by atoms with Crippen LogP contribution in [0.1, 0.15) is 5.56 Å². The molecule has 0 saturated carbocycles. The van der Waals surface area contributed by atoms with Gasteiger partial charge in [0, 0.05) is 12.4 Å². The minimum Gasteiger partial charge on any atom is -0.316 e. The average Bonchev–Trinajstić information content (AvgIpc) is 3.04. The van der Waals surface area contributed by atoms with Gasteiger partial charge in [-0.3, -0.25) is 14.2 Å². The van der Waals surface area contributed by atoms with Gasteiger partial charge in [-0.15, -0.1) is 0 Å². The van der Waals surface area contributed by atoms with E-state index in [1.807, 2.05) is 6.07 Å². The van der Waals surface area contributed by atoms with Gasteiger partial charge in [0.1, 0.15) is 12.6 Å². The second-order valence-corrected chi connectivity index (χ2v) is 4.93. The van der Waals surface area contributed by atoms with Crippen LogP contribution >= 0.6 is 0 Å². The Bertz CT molecular complexity index is 1070. The van der Waals surface area contributed by atoms with Gasteiger partial charge >= 0.3 is 17.3 Å². The van der Waals surface area contributed by atoms with Crippen molar-refractivity contribution in [1.82, 2.24) is 19.1 Å². The lowest BCUT2D eigenvalue weighted by Crippen LogP contribution is -2.39. The van der Waals surface area contributed by atoms with E-state index in [0.29, 0.717) is 4.57 Å². The maximum Gasteiger partial charge on any atom is 0.406 e. The monoisotopic (exact) mass is 335 g/mol. The molecule has 2 heterocycles. The minimum absolute atomic E-state index is 0.0377. The Morgan fingerprint density at radius 3 is 2.62 bits per heavy atom. The Kier molecular flexibility index (Phi) is 3.48. The normalized spacial score (nSPS) is 11.6. The molecule has 0 spiro atoms.